The van der Waals surface area contributed by atoms with Crippen molar-refractivity contribution in [2.75, 3.05) is 20.1 Å². The molecule has 1 aromatic heterocycles. The molecule has 0 aliphatic carbocycles. The molecule has 1 fully saturated rings. The molecule has 0 saturated carbocycles. The lowest BCUT2D eigenvalue weighted by Crippen LogP contribution is -2.21. The lowest BCUT2D eigenvalue weighted by Gasteiger charge is -2.21. The minimum Gasteiger partial charge on any atom is -0.315 e. The van der Waals surface area contributed by atoms with Crippen molar-refractivity contribution in [1.29, 1.82) is 0 Å². The fraction of sp³-hybridized carbons (Fsp3) is 0.833. The number of fused-ring (bicyclic) bond motifs is 1. The fourth-order valence-electron chi connectivity index (χ4n) is 2.95. The third-order valence-electron chi connectivity index (χ3n) is 3.99. The van der Waals surface area contributed by atoms with Crippen LogP contribution in [0.25, 0.3) is 0 Å². The lowest BCUT2D eigenvalue weighted by molar-refractivity contribution is 0.387. The molecule has 0 spiro atoms. The van der Waals surface area contributed by atoms with Gasteiger partial charge >= 0.3 is 0 Å². The summed E-state index contributed by atoms with van der Waals surface area (Å²) in [6.07, 6.45) is 3.63. The zero-order valence-corrected chi connectivity index (χ0v) is 10.2. The molecule has 1 aromatic rings. The van der Waals surface area contributed by atoms with Crippen molar-refractivity contribution in [2.24, 2.45) is 5.92 Å². The normalized spacial score (nSPS) is 30.6. The first kappa shape index (κ1) is 10.3. The quantitative estimate of drug-likeness (QED) is 0.715. The van der Waals surface area contributed by atoms with E-state index in [0.717, 1.165) is 25.4 Å². The van der Waals surface area contributed by atoms with E-state index in [0.29, 0.717) is 5.92 Å². The number of hydrogen-bond donors (Lipinski definition) is 0. The van der Waals surface area contributed by atoms with Gasteiger partial charge in [-0.2, -0.15) is 0 Å². The fourth-order valence-corrected chi connectivity index (χ4v) is 2.95. The van der Waals surface area contributed by atoms with E-state index in [4.69, 9.17) is 0 Å². The Balaban J connectivity index is 1.86. The summed E-state index contributed by atoms with van der Waals surface area (Å²) in [5.41, 5.74) is 0. The molecule has 4 nitrogen and oxygen atoms in total. The molecule has 2 aliphatic rings. The second-order valence-electron chi connectivity index (χ2n) is 5.47. The van der Waals surface area contributed by atoms with Gasteiger partial charge in [-0.3, -0.25) is 0 Å². The Hall–Kier alpha value is -0.900. The van der Waals surface area contributed by atoms with Crippen molar-refractivity contribution >= 4 is 0 Å². The Kier molecular flexibility index (Phi) is 2.46. The first-order chi connectivity index (χ1) is 7.74. The van der Waals surface area contributed by atoms with Gasteiger partial charge in [0.15, 0.2) is 0 Å². The average molecular weight is 220 g/mol. The van der Waals surface area contributed by atoms with Crippen molar-refractivity contribution in [2.45, 2.75) is 38.6 Å². The number of likely N-dealkylation sites (tertiary alicyclic amines) is 1. The van der Waals surface area contributed by atoms with E-state index in [2.05, 4.69) is 33.6 Å². The highest BCUT2D eigenvalue weighted by Crippen LogP contribution is 2.28. The van der Waals surface area contributed by atoms with E-state index in [1.165, 1.54) is 31.0 Å². The third-order valence-corrected chi connectivity index (χ3v) is 3.99. The molecular formula is C12H20N4. The second kappa shape index (κ2) is 3.84. The zero-order valence-electron chi connectivity index (χ0n) is 10.2. The van der Waals surface area contributed by atoms with Crippen molar-refractivity contribution in [3.63, 3.8) is 0 Å². The standard InChI is InChI=1S/C12H20N4/c1-9-3-6-16-11(7-9)13-14-12(16)10-4-5-15(2)8-10/h9-10H,3-8H2,1-2H3. The van der Waals surface area contributed by atoms with Crippen LogP contribution in [0, 0.1) is 5.92 Å². The highest BCUT2D eigenvalue weighted by Gasteiger charge is 2.28. The molecule has 16 heavy (non-hydrogen) atoms. The first-order valence-electron chi connectivity index (χ1n) is 6.34. The van der Waals surface area contributed by atoms with Crippen LogP contribution < -0.4 is 0 Å². The number of hydrogen-bond acceptors (Lipinski definition) is 3. The van der Waals surface area contributed by atoms with Gasteiger partial charge in [0.05, 0.1) is 0 Å². The summed E-state index contributed by atoms with van der Waals surface area (Å²) in [4.78, 5) is 2.39. The van der Waals surface area contributed by atoms with Crippen molar-refractivity contribution in [3.05, 3.63) is 11.6 Å². The summed E-state index contributed by atoms with van der Waals surface area (Å²) in [6, 6.07) is 0. The summed E-state index contributed by atoms with van der Waals surface area (Å²) in [5, 5.41) is 8.81. The van der Waals surface area contributed by atoms with Gasteiger partial charge in [-0.15, -0.1) is 10.2 Å². The minimum atomic E-state index is 0.611. The molecule has 2 aliphatic heterocycles. The Morgan fingerprint density at radius 1 is 1.19 bits per heavy atom. The molecule has 0 radical (unpaired) electrons. The lowest BCUT2D eigenvalue weighted by atomic mass is 9.99. The zero-order chi connectivity index (χ0) is 11.1. The molecule has 4 heteroatoms. The number of likely N-dealkylation sites (N-methyl/N-ethyl adjacent to an activating group) is 1. The molecule has 2 unspecified atom stereocenters. The Morgan fingerprint density at radius 2 is 2.06 bits per heavy atom. The van der Waals surface area contributed by atoms with Gasteiger partial charge < -0.3 is 9.47 Å². The summed E-state index contributed by atoms with van der Waals surface area (Å²) in [5.74, 6) is 3.84. The Labute approximate surface area is 96.7 Å². The predicted molar refractivity (Wildman–Crippen MR) is 62.4 cm³/mol. The van der Waals surface area contributed by atoms with Crippen LogP contribution in [0.15, 0.2) is 0 Å². The highest BCUT2D eigenvalue weighted by molar-refractivity contribution is 5.07. The molecular weight excluding hydrogens is 200 g/mol. The number of nitrogens with zero attached hydrogens (tertiary/aromatic N) is 4. The maximum Gasteiger partial charge on any atom is 0.137 e. The van der Waals surface area contributed by atoms with E-state index in [-0.39, 0.29) is 0 Å². The van der Waals surface area contributed by atoms with Crippen molar-refractivity contribution in [1.82, 2.24) is 19.7 Å². The van der Waals surface area contributed by atoms with Gasteiger partial charge in [-0.05, 0) is 32.4 Å². The van der Waals surface area contributed by atoms with Gasteiger partial charge in [-0.25, -0.2) is 0 Å². The topological polar surface area (TPSA) is 34.0 Å². The average Bonchev–Trinajstić information content (AvgIpc) is 2.83. The molecule has 3 rings (SSSR count). The van der Waals surface area contributed by atoms with Gasteiger partial charge in [0.1, 0.15) is 11.6 Å². The van der Waals surface area contributed by atoms with Crippen LogP contribution in [0.2, 0.25) is 0 Å². The summed E-state index contributed by atoms with van der Waals surface area (Å²) < 4.78 is 2.38. The van der Waals surface area contributed by atoms with Gasteiger partial charge in [0, 0.05) is 25.4 Å². The minimum absolute atomic E-state index is 0.611. The summed E-state index contributed by atoms with van der Waals surface area (Å²) >= 11 is 0. The molecule has 3 heterocycles. The van der Waals surface area contributed by atoms with Gasteiger partial charge in [0.2, 0.25) is 0 Å². The van der Waals surface area contributed by atoms with E-state index in [1.54, 1.807) is 0 Å². The molecule has 88 valence electrons. The molecule has 0 bridgehead atoms. The van der Waals surface area contributed by atoms with Crippen LogP contribution in [0.3, 0.4) is 0 Å². The SMILES string of the molecule is CC1CCn2c(nnc2C2CCN(C)C2)C1. The number of aromatic nitrogens is 3. The molecule has 2 atom stereocenters. The van der Waals surface area contributed by atoms with Crippen LogP contribution in [-0.2, 0) is 13.0 Å². The summed E-state index contributed by atoms with van der Waals surface area (Å²) in [6.45, 7) is 5.77. The molecule has 0 amide bonds. The predicted octanol–water partition coefficient (Wildman–Crippen LogP) is 1.28. The largest absolute Gasteiger partial charge is 0.315 e. The first-order valence-corrected chi connectivity index (χ1v) is 6.34. The van der Waals surface area contributed by atoms with E-state index in [1.807, 2.05) is 0 Å². The van der Waals surface area contributed by atoms with Crippen LogP contribution in [-0.4, -0.2) is 39.8 Å². The van der Waals surface area contributed by atoms with E-state index >= 15 is 0 Å². The summed E-state index contributed by atoms with van der Waals surface area (Å²) in [7, 11) is 2.19. The van der Waals surface area contributed by atoms with Crippen LogP contribution in [0.4, 0.5) is 0 Å². The van der Waals surface area contributed by atoms with Crippen LogP contribution in [0.1, 0.15) is 37.3 Å². The second-order valence-corrected chi connectivity index (χ2v) is 5.47. The number of rotatable bonds is 1. The van der Waals surface area contributed by atoms with Gasteiger partial charge in [0.25, 0.3) is 0 Å². The van der Waals surface area contributed by atoms with Crippen LogP contribution >= 0.6 is 0 Å². The monoisotopic (exact) mass is 220 g/mol. The molecule has 0 N–H and O–H groups in total. The van der Waals surface area contributed by atoms with E-state index < -0.39 is 0 Å². The smallest absolute Gasteiger partial charge is 0.137 e. The molecule has 0 aromatic carbocycles. The maximum atomic E-state index is 4.43. The van der Waals surface area contributed by atoms with Crippen molar-refractivity contribution in [3.8, 4) is 0 Å². The Bertz CT molecular complexity index is 384. The Morgan fingerprint density at radius 3 is 2.81 bits per heavy atom. The van der Waals surface area contributed by atoms with E-state index in [9.17, 15) is 0 Å². The maximum absolute atomic E-state index is 4.43. The van der Waals surface area contributed by atoms with Crippen molar-refractivity contribution < 1.29 is 0 Å². The third kappa shape index (κ3) is 1.65. The van der Waals surface area contributed by atoms with Gasteiger partial charge in [-0.1, -0.05) is 6.92 Å². The highest BCUT2D eigenvalue weighted by atomic mass is 15.3. The molecule has 1 saturated heterocycles. The van der Waals surface area contributed by atoms with Crippen LogP contribution in [0.5, 0.6) is 0 Å².